The fourth-order valence-corrected chi connectivity index (χ4v) is 3.05. The Morgan fingerprint density at radius 3 is 2.78 bits per heavy atom. The van der Waals surface area contributed by atoms with Crippen molar-refractivity contribution in [2.24, 2.45) is 0 Å². The minimum atomic E-state index is 0.738. The first-order chi connectivity index (χ1) is 8.75. The fourth-order valence-electron chi connectivity index (χ4n) is 2.42. The van der Waals surface area contributed by atoms with Crippen LogP contribution in [0.2, 0.25) is 5.02 Å². The number of fused-ring (bicyclic) bond motifs is 1. The highest BCUT2D eigenvalue weighted by Gasteiger charge is 2.17. The highest BCUT2D eigenvalue weighted by atomic mass is 79.9. The van der Waals surface area contributed by atoms with Gasteiger partial charge >= 0.3 is 0 Å². The first-order valence-electron chi connectivity index (χ1n) is 6.06. The SMILES string of the molecule is Clc1cnc2ccc(Br)cc2c1N1CC[CH]CC1. The van der Waals surface area contributed by atoms with Crippen LogP contribution in [-0.4, -0.2) is 18.1 Å². The molecule has 0 unspecified atom stereocenters. The predicted molar refractivity (Wildman–Crippen MR) is 80.2 cm³/mol. The van der Waals surface area contributed by atoms with E-state index in [4.69, 9.17) is 11.6 Å². The van der Waals surface area contributed by atoms with Crippen LogP contribution in [-0.2, 0) is 0 Å². The second-order valence-electron chi connectivity index (χ2n) is 4.47. The number of hydrogen-bond donors (Lipinski definition) is 0. The van der Waals surface area contributed by atoms with E-state index in [0.717, 1.165) is 52.0 Å². The van der Waals surface area contributed by atoms with Gasteiger partial charge in [0, 0.05) is 29.1 Å². The van der Waals surface area contributed by atoms with Gasteiger partial charge in [-0.1, -0.05) is 27.5 Å². The van der Waals surface area contributed by atoms with Gasteiger partial charge in [-0.2, -0.15) is 0 Å². The normalized spacial score (nSPS) is 16.2. The largest absolute Gasteiger partial charge is 0.370 e. The number of piperidine rings is 1. The Morgan fingerprint density at radius 1 is 1.22 bits per heavy atom. The maximum atomic E-state index is 6.36. The summed E-state index contributed by atoms with van der Waals surface area (Å²) in [6.45, 7) is 2.07. The molecule has 1 saturated heterocycles. The molecule has 0 bridgehead atoms. The molecule has 0 N–H and O–H groups in total. The molecule has 3 rings (SSSR count). The lowest BCUT2D eigenvalue weighted by Crippen LogP contribution is -2.30. The van der Waals surface area contributed by atoms with Crippen LogP contribution in [0.25, 0.3) is 10.9 Å². The van der Waals surface area contributed by atoms with E-state index in [9.17, 15) is 0 Å². The lowest BCUT2D eigenvalue weighted by Gasteiger charge is -2.30. The summed E-state index contributed by atoms with van der Waals surface area (Å²) < 4.78 is 1.06. The molecule has 18 heavy (non-hydrogen) atoms. The van der Waals surface area contributed by atoms with E-state index >= 15 is 0 Å². The second-order valence-corrected chi connectivity index (χ2v) is 5.79. The van der Waals surface area contributed by atoms with E-state index in [1.54, 1.807) is 6.20 Å². The Hall–Kier alpha value is -0.800. The Labute approximate surface area is 120 Å². The zero-order valence-corrected chi connectivity index (χ0v) is 12.2. The van der Waals surface area contributed by atoms with Gasteiger partial charge in [-0.25, -0.2) is 0 Å². The second kappa shape index (κ2) is 5.06. The number of aromatic nitrogens is 1. The van der Waals surface area contributed by atoms with E-state index < -0.39 is 0 Å². The average molecular weight is 325 g/mol. The van der Waals surface area contributed by atoms with Crippen molar-refractivity contribution in [3.8, 4) is 0 Å². The molecule has 0 saturated carbocycles. The molecule has 1 aliphatic heterocycles. The third-order valence-electron chi connectivity index (χ3n) is 3.28. The number of anilines is 1. The van der Waals surface area contributed by atoms with Crippen molar-refractivity contribution >= 4 is 44.1 Å². The predicted octanol–water partition coefficient (Wildman–Crippen LogP) is 4.46. The van der Waals surface area contributed by atoms with Crippen LogP contribution in [0.4, 0.5) is 5.69 Å². The van der Waals surface area contributed by atoms with Gasteiger partial charge in [-0.05, 0) is 37.5 Å². The van der Waals surface area contributed by atoms with Crippen LogP contribution in [0, 0.1) is 6.42 Å². The topological polar surface area (TPSA) is 16.1 Å². The van der Waals surface area contributed by atoms with Crippen molar-refractivity contribution in [1.29, 1.82) is 0 Å². The molecule has 2 nitrogen and oxygen atoms in total. The number of halogens is 2. The molecule has 0 aliphatic carbocycles. The molecule has 0 spiro atoms. The molecule has 0 atom stereocenters. The van der Waals surface area contributed by atoms with Crippen molar-refractivity contribution in [3.63, 3.8) is 0 Å². The standard InChI is InChI=1S/C14H13BrClN2/c15-10-4-5-13-11(8-10)14(12(16)9-17-13)18-6-2-1-3-7-18/h1,4-5,8-9H,2-3,6-7H2. The minimum absolute atomic E-state index is 0.738. The van der Waals surface area contributed by atoms with Crippen molar-refractivity contribution < 1.29 is 0 Å². The lowest BCUT2D eigenvalue weighted by molar-refractivity contribution is 0.680. The van der Waals surface area contributed by atoms with Gasteiger partial charge in [0.05, 0.1) is 16.2 Å². The molecular weight excluding hydrogens is 312 g/mol. The monoisotopic (exact) mass is 323 g/mol. The lowest BCUT2D eigenvalue weighted by atomic mass is 10.1. The summed E-state index contributed by atoms with van der Waals surface area (Å²) in [7, 11) is 0. The molecule has 1 radical (unpaired) electrons. The third kappa shape index (κ3) is 2.21. The first kappa shape index (κ1) is 12.2. The molecule has 0 amide bonds. The average Bonchev–Trinajstić information content (AvgIpc) is 2.39. The van der Waals surface area contributed by atoms with Crippen LogP contribution < -0.4 is 4.90 Å². The summed E-state index contributed by atoms with van der Waals surface area (Å²) in [6, 6.07) is 6.13. The number of benzene rings is 1. The summed E-state index contributed by atoms with van der Waals surface area (Å²) in [5.74, 6) is 0. The molecule has 4 heteroatoms. The van der Waals surface area contributed by atoms with E-state index in [1.807, 2.05) is 12.1 Å². The number of hydrogen-bond acceptors (Lipinski definition) is 2. The van der Waals surface area contributed by atoms with Gasteiger partial charge in [0.1, 0.15) is 0 Å². The van der Waals surface area contributed by atoms with Crippen molar-refractivity contribution in [1.82, 2.24) is 4.98 Å². The Balaban J connectivity index is 2.18. The Kier molecular flexibility index (Phi) is 3.44. The zero-order valence-electron chi connectivity index (χ0n) is 9.87. The van der Waals surface area contributed by atoms with Crippen molar-refractivity contribution in [3.05, 3.63) is 40.3 Å². The quantitative estimate of drug-likeness (QED) is 0.770. The van der Waals surface area contributed by atoms with Crippen LogP contribution in [0.15, 0.2) is 28.9 Å². The van der Waals surface area contributed by atoms with Crippen LogP contribution in [0.5, 0.6) is 0 Å². The van der Waals surface area contributed by atoms with Gasteiger partial charge < -0.3 is 4.90 Å². The van der Waals surface area contributed by atoms with Gasteiger partial charge in [0.2, 0.25) is 0 Å². The number of nitrogens with zero attached hydrogens (tertiary/aromatic N) is 2. The number of pyridine rings is 1. The van der Waals surface area contributed by atoms with Crippen molar-refractivity contribution in [2.75, 3.05) is 18.0 Å². The van der Waals surface area contributed by atoms with Gasteiger partial charge in [-0.15, -0.1) is 0 Å². The summed E-state index contributed by atoms with van der Waals surface area (Å²) in [4.78, 5) is 6.75. The smallest absolute Gasteiger partial charge is 0.0829 e. The Morgan fingerprint density at radius 2 is 2.00 bits per heavy atom. The highest BCUT2D eigenvalue weighted by Crippen LogP contribution is 2.35. The molecule has 1 aliphatic rings. The molecule has 2 aromatic rings. The summed E-state index contributed by atoms with van der Waals surface area (Å²) in [6.07, 6.45) is 6.33. The molecule has 1 fully saturated rings. The molecule has 1 aromatic carbocycles. The first-order valence-corrected chi connectivity index (χ1v) is 7.23. The maximum Gasteiger partial charge on any atom is 0.0829 e. The Bertz CT molecular complexity index is 574. The van der Waals surface area contributed by atoms with Gasteiger partial charge in [0.15, 0.2) is 0 Å². The highest BCUT2D eigenvalue weighted by molar-refractivity contribution is 9.10. The number of rotatable bonds is 1. The van der Waals surface area contributed by atoms with E-state index in [1.165, 1.54) is 0 Å². The van der Waals surface area contributed by atoms with Gasteiger partial charge in [-0.3, -0.25) is 4.98 Å². The molecule has 93 valence electrons. The fraction of sp³-hybridized carbons (Fsp3) is 0.286. The minimum Gasteiger partial charge on any atom is -0.370 e. The van der Waals surface area contributed by atoms with Crippen LogP contribution in [0.3, 0.4) is 0 Å². The van der Waals surface area contributed by atoms with Gasteiger partial charge in [0.25, 0.3) is 0 Å². The van der Waals surface area contributed by atoms with Crippen molar-refractivity contribution in [2.45, 2.75) is 12.8 Å². The van der Waals surface area contributed by atoms with E-state index in [0.29, 0.717) is 0 Å². The third-order valence-corrected chi connectivity index (χ3v) is 4.05. The summed E-state index contributed by atoms with van der Waals surface area (Å²) >= 11 is 9.88. The maximum absolute atomic E-state index is 6.36. The molecule has 2 heterocycles. The van der Waals surface area contributed by atoms with E-state index in [2.05, 4.69) is 38.3 Å². The van der Waals surface area contributed by atoms with E-state index in [-0.39, 0.29) is 0 Å². The molecular formula is C14H13BrClN2. The summed E-state index contributed by atoms with van der Waals surface area (Å²) in [5, 5.41) is 1.86. The molecule has 1 aromatic heterocycles. The van der Waals surface area contributed by atoms with Crippen LogP contribution >= 0.6 is 27.5 Å². The summed E-state index contributed by atoms with van der Waals surface area (Å²) in [5.41, 5.74) is 2.11. The van der Waals surface area contributed by atoms with Crippen LogP contribution in [0.1, 0.15) is 12.8 Å². The zero-order chi connectivity index (χ0) is 12.5.